The molecule has 0 aromatic rings. The van der Waals surface area contributed by atoms with Crippen molar-refractivity contribution in [3.05, 3.63) is 60.8 Å². The van der Waals surface area contributed by atoms with Crippen LogP contribution in [0.25, 0.3) is 0 Å². The highest BCUT2D eigenvalue weighted by molar-refractivity contribution is 7.45. The molecule has 0 aliphatic rings. The fourth-order valence-electron chi connectivity index (χ4n) is 5.97. The lowest BCUT2D eigenvalue weighted by molar-refractivity contribution is -0.870. The number of rotatable bonds is 41. The monoisotopic (exact) mass is 836 g/mol. The van der Waals surface area contributed by atoms with Crippen LogP contribution in [-0.4, -0.2) is 70.0 Å². The highest BCUT2D eigenvalue weighted by atomic mass is 31.2. The molecule has 0 rings (SSSR count). The third kappa shape index (κ3) is 43.3. The van der Waals surface area contributed by atoms with Gasteiger partial charge < -0.3 is 27.9 Å². The zero-order chi connectivity index (χ0) is 42.8. The molecule has 0 aromatic carbocycles. The minimum Gasteiger partial charge on any atom is -0.756 e. The molecule has 0 saturated heterocycles. The number of phosphoric ester groups is 1. The molecule has 0 radical (unpaired) electrons. The summed E-state index contributed by atoms with van der Waals surface area (Å²) >= 11 is 0. The van der Waals surface area contributed by atoms with Crippen molar-refractivity contribution in [3.8, 4) is 0 Å². The second-order valence-electron chi connectivity index (χ2n) is 16.4. The fraction of sp³-hybridized carbons (Fsp3) is 0.750. The van der Waals surface area contributed by atoms with Gasteiger partial charge in [0, 0.05) is 12.8 Å². The predicted octanol–water partition coefficient (Wildman–Crippen LogP) is 12.6. The number of unbranched alkanes of at least 4 members (excludes halogenated alkanes) is 17. The Bertz CT molecular complexity index is 1170. The number of hydrogen-bond acceptors (Lipinski definition) is 8. The van der Waals surface area contributed by atoms with Crippen LogP contribution in [0.1, 0.15) is 181 Å². The standard InChI is InChI=1S/C48H86NO8P/c1-6-8-10-12-14-16-18-20-22-23-24-25-27-28-30-32-34-36-38-40-47(50)54-44-46(45-56-58(52,53)55-43-42-49(3,4)5)57-48(51)41-39-37-35-33-31-29-26-21-19-17-15-13-11-9-7-2/h8,10,14,16,20,22,24-25,28,30,46H,6-7,9,11-13,15,17-19,21,23,26-27,29,31-45H2,1-5H3/b10-8+,16-14+,22-20+,25-24+,30-28+/t46-/m1/s1. The van der Waals surface area contributed by atoms with Crippen molar-refractivity contribution < 1.29 is 42.1 Å². The van der Waals surface area contributed by atoms with Gasteiger partial charge in [-0.3, -0.25) is 14.2 Å². The normalized spacial score (nSPS) is 14.1. The number of carbonyl (C=O) groups is 2. The summed E-state index contributed by atoms with van der Waals surface area (Å²) in [5, 5.41) is 0. The van der Waals surface area contributed by atoms with Crippen LogP contribution in [0.4, 0.5) is 0 Å². The van der Waals surface area contributed by atoms with Crippen molar-refractivity contribution in [3.63, 3.8) is 0 Å². The lowest BCUT2D eigenvalue weighted by Gasteiger charge is -2.28. The van der Waals surface area contributed by atoms with E-state index < -0.39 is 32.5 Å². The molecule has 0 fully saturated rings. The van der Waals surface area contributed by atoms with Gasteiger partial charge in [-0.15, -0.1) is 0 Å². The Morgan fingerprint density at radius 1 is 0.552 bits per heavy atom. The van der Waals surface area contributed by atoms with Gasteiger partial charge in [0.1, 0.15) is 19.8 Å². The fourth-order valence-corrected chi connectivity index (χ4v) is 6.70. The minimum atomic E-state index is -4.63. The Hall–Kier alpha value is -2.29. The van der Waals surface area contributed by atoms with Crippen LogP contribution in [0.5, 0.6) is 0 Å². The van der Waals surface area contributed by atoms with Gasteiger partial charge in [0.15, 0.2) is 6.10 Å². The molecule has 0 bridgehead atoms. The predicted molar refractivity (Wildman–Crippen MR) is 240 cm³/mol. The number of nitrogens with zero attached hydrogens (tertiary/aromatic N) is 1. The molecule has 0 amide bonds. The number of phosphoric acid groups is 1. The number of ether oxygens (including phenoxy) is 2. The van der Waals surface area contributed by atoms with E-state index >= 15 is 0 Å². The largest absolute Gasteiger partial charge is 0.756 e. The van der Waals surface area contributed by atoms with Crippen LogP contribution < -0.4 is 4.89 Å². The highest BCUT2D eigenvalue weighted by Crippen LogP contribution is 2.38. The Balaban J connectivity index is 4.39. The van der Waals surface area contributed by atoms with Gasteiger partial charge in [0.25, 0.3) is 7.82 Å². The third-order valence-corrected chi connectivity index (χ3v) is 10.5. The summed E-state index contributed by atoms with van der Waals surface area (Å²) in [4.78, 5) is 37.6. The molecule has 0 N–H and O–H groups in total. The first-order chi connectivity index (χ1) is 28.0. The van der Waals surface area contributed by atoms with E-state index in [0.29, 0.717) is 23.9 Å². The van der Waals surface area contributed by atoms with E-state index in [1.807, 2.05) is 21.1 Å². The van der Waals surface area contributed by atoms with Crippen LogP contribution in [0.15, 0.2) is 60.8 Å². The molecule has 0 aromatic heterocycles. The van der Waals surface area contributed by atoms with Crippen molar-refractivity contribution >= 4 is 19.8 Å². The summed E-state index contributed by atoms with van der Waals surface area (Å²) in [6, 6.07) is 0. The Labute approximate surface area is 356 Å². The maximum Gasteiger partial charge on any atom is 0.306 e. The van der Waals surface area contributed by atoms with Gasteiger partial charge >= 0.3 is 11.9 Å². The maximum atomic E-state index is 12.7. The molecule has 0 saturated carbocycles. The second-order valence-corrected chi connectivity index (χ2v) is 17.8. The van der Waals surface area contributed by atoms with Gasteiger partial charge in [0.2, 0.25) is 0 Å². The summed E-state index contributed by atoms with van der Waals surface area (Å²) in [7, 11) is 1.14. The molecule has 0 aliphatic heterocycles. The quantitative estimate of drug-likeness (QED) is 0.0197. The van der Waals surface area contributed by atoms with E-state index in [-0.39, 0.29) is 26.1 Å². The van der Waals surface area contributed by atoms with Crippen LogP contribution in [0.2, 0.25) is 0 Å². The highest BCUT2D eigenvalue weighted by Gasteiger charge is 2.21. The van der Waals surface area contributed by atoms with Gasteiger partial charge in [-0.1, -0.05) is 171 Å². The van der Waals surface area contributed by atoms with Crippen molar-refractivity contribution in [2.24, 2.45) is 0 Å². The molecular weight excluding hydrogens is 750 g/mol. The first-order valence-corrected chi connectivity index (χ1v) is 24.5. The molecule has 2 atom stereocenters. The molecule has 1 unspecified atom stereocenters. The maximum absolute atomic E-state index is 12.7. The van der Waals surface area contributed by atoms with E-state index in [9.17, 15) is 19.0 Å². The number of esters is 2. The molecule has 10 heteroatoms. The Kier molecular flexibility index (Phi) is 38.5. The molecule has 0 heterocycles. The summed E-state index contributed by atoms with van der Waals surface area (Å²) in [6.07, 6.45) is 48.1. The van der Waals surface area contributed by atoms with E-state index in [2.05, 4.69) is 74.6 Å². The molecule has 0 aliphatic carbocycles. The lowest BCUT2D eigenvalue weighted by Crippen LogP contribution is -2.37. The lowest BCUT2D eigenvalue weighted by atomic mass is 10.0. The Morgan fingerprint density at radius 3 is 1.47 bits per heavy atom. The van der Waals surface area contributed by atoms with Gasteiger partial charge in [-0.2, -0.15) is 0 Å². The zero-order valence-corrected chi connectivity index (χ0v) is 38.6. The molecular formula is C48H86NO8P. The van der Waals surface area contributed by atoms with Crippen LogP contribution in [0, 0.1) is 0 Å². The molecule has 58 heavy (non-hydrogen) atoms. The summed E-state index contributed by atoms with van der Waals surface area (Å²) in [5.41, 5.74) is 0. The van der Waals surface area contributed by atoms with Gasteiger partial charge in [-0.25, -0.2) is 0 Å². The number of allylic oxidation sites excluding steroid dienone is 10. The van der Waals surface area contributed by atoms with Crippen molar-refractivity contribution in [1.29, 1.82) is 0 Å². The number of likely N-dealkylation sites (N-methyl/N-ethyl adjacent to an activating group) is 1. The zero-order valence-electron chi connectivity index (χ0n) is 37.7. The Morgan fingerprint density at radius 2 is 0.983 bits per heavy atom. The van der Waals surface area contributed by atoms with Crippen LogP contribution in [0.3, 0.4) is 0 Å². The van der Waals surface area contributed by atoms with Crippen molar-refractivity contribution in [2.45, 2.75) is 187 Å². The SMILES string of the molecule is CC/C=C/C/C=C/C/C=C/C/C=C/C/C=C/CCCCCC(=O)OC[C@H](COP(=O)([O-])OCC[N+](C)(C)C)OC(=O)CCCCCCCCCCCCCCCCC. The van der Waals surface area contributed by atoms with E-state index in [1.165, 1.54) is 70.6 Å². The third-order valence-electron chi connectivity index (χ3n) is 9.55. The first kappa shape index (κ1) is 55.7. The molecule has 0 spiro atoms. The first-order valence-electron chi connectivity index (χ1n) is 23.0. The summed E-state index contributed by atoms with van der Waals surface area (Å²) in [5.74, 6) is -0.871. The van der Waals surface area contributed by atoms with Gasteiger partial charge in [0.05, 0.1) is 27.7 Å². The molecule has 336 valence electrons. The van der Waals surface area contributed by atoms with Gasteiger partial charge in [-0.05, 0) is 57.8 Å². The van der Waals surface area contributed by atoms with E-state index in [4.69, 9.17) is 18.5 Å². The summed E-state index contributed by atoms with van der Waals surface area (Å²) in [6.45, 7) is 4.08. The van der Waals surface area contributed by atoms with Crippen molar-refractivity contribution in [1.82, 2.24) is 0 Å². The summed E-state index contributed by atoms with van der Waals surface area (Å²) < 4.78 is 33.9. The topological polar surface area (TPSA) is 111 Å². The number of hydrogen-bond donors (Lipinski definition) is 0. The van der Waals surface area contributed by atoms with E-state index in [1.54, 1.807) is 0 Å². The van der Waals surface area contributed by atoms with Crippen LogP contribution in [-0.2, 0) is 32.7 Å². The molecule has 9 nitrogen and oxygen atoms in total. The smallest absolute Gasteiger partial charge is 0.306 e. The number of carbonyl (C=O) groups excluding carboxylic acids is 2. The average Bonchev–Trinajstić information content (AvgIpc) is 3.17. The minimum absolute atomic E-state index is 0.0377. The second kappa shape index (κ2) is 40.1. The average molecular weight is 836 g/mol. The van der Waals surface area contributed by atoms with Crippen LogP contribution >= 0.6 is 7.82 Å². The van der Waals surface area contributed by atoms with E-state index in [0.717, 1.165) is 70.6 Å². The van der Waals surface area contributed by atoms with Crippen molar-refractivity contribution in [2.75, 3.05) is 47.5 Å². The number of quaternary nitrogens is 1.